The summed E-state index contributed by atoms with van der Waals surface area (Å²) in [5, 5.41) is 9.85. The SMILES string of the molecule is CCOc1cc(CN2CCOC[C@H](O)C2)ccc1OCC=C(C)C. The van der Waals surface area contributed by atoms with Crippen molar-refractivity contribution in [3.8, 4) is 11.5 Å². The van der Waals surface area contributed by atoms with Crippen molar-refractivity contribution in [1.82, 2.24) is 4.90 Å². The highest BCUT2D eigenvalue weighted by Crippen LogP contribution is 2.29. The van der Waals surface area contributed by atoms with Crippen LogP contribution in [0.3, 0.4) is 0 Å². The van der Waals surface area contributed by atoms with E-state index in [2.05, 4.69) is 24.8 Å². The van der Waals surface area contributed by atoms with Crippen molar-refractivity contribution in [3.63, 3.8) is 0 Å². The third-order valence-corrected chi connectivity index (χ3v) is 3.78. The van der Waals surface area contributed by atoms with Crippen molar-refractivity contribution < 1.29 is 19.3 Å². The summed E-state index contributed by atoms with van der Waals surface area (Å²) in [5.41, 5.74) is 2.37. The van der Waals surface area contributed by atoms with E-state index in [1.54, 1.807) is 0 Å². The standard InChI is InChI=1S/C19H29NO4/c1-4-23-19-11-16(5-6-18(19)24-9-7-15(2)3)12-20-8-10-22-14-17(21)13-20/h5-7,11,17,21H,4,8-10,12-14H2,1-3H3/t17-/m1/s1. The minimum absolute atomic E-state index is 0.415. The smallest absolute Gasteiger partial charge is 0.161 e. The molecule has 1 saturated heterocycles. The maximum absolute atomic E-state index is 9.85. The van der Waals surface area contributed by atoms with Gasteiger partial charge in [-0.05, 0) is 44.5 Å². The minimum atomic E-state index is -0.425. The lowest BCUT2D eigenvalue weighted by Crippen LogP contribution is -2.32. The van der Waals surface area contributed by atoms with E-state index in [1.165, 1.54) is 5.57 Å². The Morgan fingerprint density at radius 1 is 1.33 bits per heavy atom. The van der Waals surface area contributed by atoms with E-state index in [9.17, 15) is 5.11 Å². The lowest BCUT2D eigenvalue weighted by Gasteiger charge is -2.21. The summed E-state index contributed by atoms with van der Waals surface area (Å²) < 4.78 is 16.9. The number of nitrogens with zero attached hydrogens (tertiary/aromatic N) is 1. The van der Waals surface area contributed by atoms with Crippen molar-refractivity contribution in [3.05, 3.63) is 35.4 Å². The molecule has 0 spiro atoms. The third-order valence-electron chi connectivity index (χ3n) is 3.78. The van der Waals surface area contributed by atoms with Crippen LogP contribution in [0, 0.1) is 0 Å². The highest BCUT2D eigenvalue weighted by atomic mass is 16.5. The Bertz CT molecular complexity index is 540. The van der Waals surface area contributed by atoms with Crippen LogP contribution in [0.1, 0.15) is 26.3 Å². The summed E-state index contributed by atoms with van der Waals surface area (Å²) in [6.45, 7) is 10.5. The molecule has 0 aromatic heterocycles. The Balaban J connectivity index is 2.05. The Hall–Kier alpha value is -1.56. The summed E-state index contributed by atoms with van der Waals surface area (Å²) in [7, 11) is 0. The van der Waals surface area contributed by atoms with Gasteiger partial charge in [0.25, 0.3) is 0 Å². The number of benzene rings is 1. The van der Waals surface area contributed by atoms with Gasteiger partial charge >= 0.3 is 0 Å². The normalized spacial score (nSPS) is 18.8. The average molecular weight is 335 g/mol. The van der Waals surface area contributed by atoms with Gasteiger partial charge in [0.15, 0.2) is 11.5 Å². The first kappa shape index (κ1) is 18.8. The van der Waals surface area contributed by atoms with Gasteiger partial charge < -0.3 is 19.3 Å². The highest BCUT2D eigenvalue weighted by Gasteiger charge is 2.17. The van der Waals surface area contributed by atoms with Crippen LogP contribution in [0.2, 0.25) is 0 Å². The highest BCUT2D eigenvalue weighted by molar-refractivity contribution is 5.43. The van der Waals surface area contributed by atoms with Crippen molar-refractivity contribution in [2.45, 2.75) is 33.4 Å². The van der Waals surface area contributed by atoms with Gasteiger partial charge in [0.05, 0.1) is 25.9 Å². The first-order valence-electron chi connectivity index (χ1n) is 8.58. The molecule has 1 aliphatic rings. The zero-order valence-corrected chi connectivity index (χ0v) is 15.0. The number of β-amino-alcohol motifs (C(OH)–C–C–N with tert-alkyl or cyclic N) is 1. The van der Waals surface area contributed by atoms with Gasteiger partial charge in [-0.3, -0.25) is 4.90 Å². The van der Waals surface area contributed by atoms with E-state index in [0.29, 0.717) is 33.0 Å². The number of hydrogen-bond donors (Lipinski definition) is 1. The average Bonchev–Trinajstić information content (AvgIpc) is 2.73. The molecule has 1 atom stereocenters. The van der Waals surface area contributed by atoms with Crippen molar-refractivity contribution >= 4 is 0 Å². The molecule has 5 heteroatoms. The van der Waals surface area contributed by atoms with E-state index >= 15 is 0 Å². The molecular formula is C19H29NO4. The van der Waals surface area contributed by atoms with E-state index in [4.69, 9.17) is 14.2 Å². The Labute approximate surface area is 144 Å². The molecule has 0 aliphatic carbocycles. The fourth-order valence-electron chi connectivity index (χ4n) is 2.59. The predicted molar refractivity (Wildman–Crippen MR) is 94.6 cm³/mol. The molecule has 5 nitrogen and oxygen atoms in total. The lowest BCUT2D eigenvalue weighted by atomic mass is 10.1. The fraction of sp³-hybridized carbons (Fsp3) is 0.579. The van der Waals surface area contributed by atoms with Crippen LogP contribution >= 0.6 is 0 Å². The molecule has 1 heterocycles. The molecule has 0 bridgehead atoms. The molecular weight excluding hydrogens is 306 g/mol. The van der Waals surface area contributed by atoms with Crippen LogP contribution in [-0.4, -0.2) is 55.6 Å². The van der Waals surface area contributed by atoms with E-state index < -0.39 is 6.10 Å². The van der Waals surface area contributed by atoms with Gasteiger partial charge in [0, 0.05) is 19.6 Å². The van der Waals surface area contributed by atoms with Gasteiger partial charge in [-0.1, -0.05) is 11.6 Å². The van der Waals surface area contributed by atoms with Gasteiger partial charge in [-0.2, -0.15) is 0 Å². The topological polar surface area (TPSA) is 51.2 Å². The number of rotatable bonds is 7. The van der Waals surface area contributed by atoms with E-state index in [1.807, 2.05) is 25.1 Å². The third kappa shape index (κ3) is 6.15. The molecule has 1 N–H and O–H groups in total. The number of aliphatic hydroxyl groups is 1. The molecule has 0 amide bonds. The van der Waals surface area contributed by atoms with Gasteiger partial charge in [-0.25, -0.2) is 0 Å². The Kier molecular flexibility index (Phi) is 7.56. The maximum Gasteiger partial charge on any atom is 0.161 e. The van der Waals surface area contributed by atoms with E-state index in [-0.39, 0.29) is 0 Å². The summed E-state index contributed by atoms with van der Waals surface area (Å²) in [4.78, 5) is 2.20. The van der Waals surface area contributed by atoms with Gasteiger partial charge in [-0.15, -0.1) is 0 Å². The lowest BCUT2D eigenvalue weighted by molar-refractivity contribution is 0.0562. The number of hydrogen-bond acceptors (Lipinski definition) is 5. The quantitative estimate of drug-likeness (QED) is 0.776. The van der Waals surface area contributed by atoms with Crippen LogP contribution in [0.4, 0.5) is 0 Å². The van der Waals surface area contributed by atoms with Gasteiger partial charge in [0.1, 0.15) is 6.61 Å². The number of aliphatic hydroxyl groups excluding tert-OH is 1. The number of allylic oxidation sites excluding steroid dienone is 1. The fourth-order valence-corrected chi connectivity index (χ4v) is 2.59. The van der Waals surface area contributed by atoms with Crippen molar-refractivity contribution in [1.29, 1.82) is 0 Å². The predicted octanol–water partition coefficient (Wildman–Crippen LogP) is 2.62. The Morgan fingerprint density at radius 3 is 2.92 bits per heavy atom. The maximum atomic E-state index is 9.85. The van der Waals surface area contributed by atoms with Gasteiger partial charge in [0.2, 0.25) is 0 Å². The van der Waals surface area contributed by atoms with Crippen LogP contribution in [0.25, 0.3) is 0 Å². The zero-order valence-electron chi connectivity index (χ0n) is 15.0. The first-order valence-corrected chi connectivity index (χ1v) is 8.58. The van der Waals surface area contributed by atoms with Crippen LogP contribution in [-0.2, 0) is 11.3 Å². The summed E-state index contributed by atoms with van der Waals surface area (Å²) in [5.74, 6) is 1.53. The molecule has 1 fully saturated rings. The molecule has 134 valence electrons. The summed E-state index contributed by atoms with van der Waals surface area (Å²) >= 11 is 0. The molecule has 2 rings (SSSR count). The first-order chi connectivity index (χ1) is 11.6. The number of ether oxygens (including phenoxy) is 3. The molecule has 0 radical (unpaired) electrons. The summed E-state index contributed by atoms with van der Waals surface area (Å²) in [6.07, 6.45) is 1.62. The molecule has 0 saturated carbocycles. The monoisotopic (exact) mass is 335 g/mol. The van der Waals surface area contributed by atoms with Crippen molar-refractivity contribution in [2.75, 3.05) is 39.5 Å². The van der Waals surface area contributed by atoms with E-state index in [0.717, 1.165) is 30.2 Å². The minimum Gasteiger partial charge on any atom is -0.490 e. The summed E-state index contributed by atoms with van der Waals surface area (Å²) in [6, 6.07) is 6.04. The second kappa shape index (κ2) is 9.67. The Morgan fingerprint density at radius 2 is 2.17 bits per heavy atom. The van der Waals surface area contributed by atoms with Crippen LogP contribution in [0.5, 0.6) is 11.5 Å². The molecule has 0 unspecified atom stereocenters. The van der Waals surface area contributed by atoms with Crippen molar-refractivity contribution in [2.24, 2.45) is 0 Å². The van der Waals surface area contributed by atoms with Crippen LogP contribution in [0.15, 0.2) is 29.8 Å². The second-order valence-corrected chi connectivity index (χ2v) is 6.27. The largest absolute Gasteiger partial charge is 0.490 e. The second-order valence-electron chi connectivity index (χ2n) is 6.27. The molecule has 1 aromatic carbocycles. The molecule has 1 aromatic rings. The van der Waals surface area contributed by atoms with Crippen LogP contribution < -0.4 is 9.47 Å². The molecule has 24 heavy (non-hydrogen) atoms. The molecule has 1 aliphatic heterocycles. The zero-order chi connectivity index (χ0) is 17.4.